The normalized spacial score (nSPS) is 10.9. The lowest BCUT2D eigenvalue weighted by Crippen LogP contribution is -2.40. The number of carbonyl (C=O) groups excluding carboxylic acids is 2. The van der Waals surface area contributed by atoms with Crippen molar-refractivity contribution in [3.63, 3.8) is 0 Å². The Hall–Kier alpha value is -2.55. The van der Waals surface area contributed by atoms with Crippen molar-refractivity contribution >= 4 is 12.1 Å². The van der Waals surface area contributed by atoms with Crippen LogP contribution in [0.15, 0.2) is 30.3 Å². The smallest absolute Gasteiger partial charge is 0.408 e. The zero-order valence-electron chi connectivity index (χ0n) is 9.75. The lowest BCUT2D eigenvalue weighted by molar-refractivity contribution is -0.141. The van der Waals surface area contributed by atoms with Gasteiger partial charge in [-0.05, 0) is 5.56 Å². The van der Waals surface area contributed by atoms with Crippen molar-refractivity contribution in [3.05, 3.63) is 35.9 Å². The SMILES string of the molecule is COC(=O)[C@H](C#N)NC(=O)OCc1ccccc1. The first-order valence-electron chi connectivity index (χ1n) is 5.12. The van der Waals surface area contributed by atoms with E-state index in [1.165, 1.54) is 0 Å². The number of amides is 1. The van der Waals surface area contributed by atoms with Crippen LogP contribution in [0.25, 0.3) is 0 Å². The molecule has 1 rings (SSSR count). The lowest BCUT2D eigenvalue weighted by Gasteiger charge is -2.09. The second kappa shape index (κ2) is 6.91. The lowest BCUT2D eigenvalue weighted by atomic mass is 10.2. The van der Waals surface area contributed by atoms with Gasteiger partial charge in [0.1, 0.15) is 6.61 Å². The van der Waals surface area contributed by atoms with E-state index < -0.39 is 18.1 Å². The molecule has 1 amide bonds. The number of rotatable bonds is 4. The minimum atomic E-state index is -1.36. The zero-order chi connectivity index (χ0) is 13.4. The molecule has 0 aliphatic heterocycles. The quantitative estimate of drug-likeness (QED) is 0.802. The van der Waals surface area contributed by atoms with Crippen LogP contribution >= 0.6 is 0 Å². The first kappa shape index (κ1) is 13.5. The second-order valence-electron chi connectivity index (χ2n) is 3.29. The molecule has 0 fully saturated rings. The Morgan fingerprint density at radius 2 is 2.06 bits per heavy atom. The van der Waals surface area contributed by atoms with Crippen LogP contribution in [-0.2, 0) is 20.9 Å². The van der Waals surface area contributed by atoms with Crippen molar-refractivity contribution in [2.24, 2.45) is 0 Å². The predicted molar refractivity (Wildman–Crippen MR) is 61.2 cm³/mol. The van der Waals surface area contributed by atoms with Crippen molar-refractivity contribution in [2.45, 2.75) is 12.6 Å². The number of methoxy groups -OCH3 is 1. The average molecular weight is 248 g/mol. The molecule has 0 aromatic heterocycles. The summed E-state index contributed by atoms with van der Waals surface area (Å²) < 4.78 is 9.18. The Bertz CT molecular complexity index is 453. The topological polar surface area (TPSA) is 88.4 Å². The van der Waals surface area contributed by atoms with Crippen molar-refractivity contribution in [3.8, 4) is 6.07 Å². The first-order chi connectivity index (χ1) is 8.67. The third-order valence-corrected chi connectivity index (χ3v) is 2.04. The number of alkyl carbamates (subject to hydrolysis) is 1. The zero-order valence-corrected chi connectivity index (χ0v) is 9.75. The van der Waals surface area contributed by atoms with Gasteiger partial charge < -0.3 is 9.47 Å². The molecule has 1 aromatic carbocycles. The molecule has 0 spiro atoms. The number of hydrogen-bond acceptors (Lipinski definition) is 5. The maximum absolute atomic E-state index is 11.3. The fourth-order valence-electron chi connectivity index (χ4n) is 1.14. The molecule has 6 heteroatoms. The van der Waals surface area contributed by atoms with E-state index in [9.17, 15) is 9.59 Å². The van der Waals surface area contributed by atoms with Crippen LogP contribution in [0.5, 0.6) is 0 Å². The number of nitriles is 1. The fourth-order valence-corrected chi connectivity index (χ4v) is 1.14. The molecule has 1 aromatic rings. The van der Waals surface area contributed by atoms with Gasteiger partial charge in [0, 0.05) is 0 Å². The van der Waals surface area contributed by atoms with Gasteiger partial charge in [-0.1, -0.05) is 30.3 Å². The molecule has 1 atom stereocenters. The van der Waals surface area contributed by atoms with Crippen molar-refractivity contribution in [1.29, 1.82) is 5.26 Å². The molecular weight excluding hydrogens is 236 g/mol. The predicted octanol–water partition coefficient (Wildman–Crippen LogP) is 0.978. The number of hydrogen-bond donors (Lipinski definition) is 1. The molecule has 6 nitrogen and oxygen atoms in total. The van der Waals surface area contributed by atoms with Gasteiger partial charge in [-0.15, -0.1) is 0 Å². The highest BCUT2D eigenvalue weighted by Gasteiger charge is 2.21. The molecule has 0 aliphatic rings. The van der Waals surface area contributed by atoms with Crippen molar-refractivity contribution in [1.82, 2.24) is 5.32 Å². The van der Waals surface area contributed by atoms with Crippen LogP contribution in [0.1, 0.15) is 5.56 Å². The summed E-state index contributed by atoms with van der Waals surface area (Å²) in [7, 11) is 1.13. The third kappa shape index (κ3) is 4.14. The molecule has 94 valence electrons. The highest BCUT2D eigenvalue weighted by atomic mass is 16.6. The molecule has 0 saturated heterocycles. The Morgan fingerprint density at radius 1 is 1.39 bits per heavy atom. The number of benzene rings is 1. The summed E-state index contributed by atoms with van der Waals surface area (Å²) in [5, 5.41) is 10.7. The Labute approximate surface area is 104 Å². The van der Waals surface area contributed by atoms with E-state index >= 15 is 0 Å². The third-order valence-electron chi connectivity index (χ3n) is 2.04. The molecular formula is C12H12N2O4. The van der Waals surface area contributed by atoms with Crippen molar-refractivity contribution in [2.75, 3.05) is 7.11 Å². The number of esters is 1. The summed E-state index contributed by atoms with van der Waals surface area (Å²) >= 11 is 0. The van der Waals surface area contributed by atoms with Crippen LogP contribution < -0.4 is 5.32 Å². The second-order valence-corrected chi connectivity index (χ2v) is 3.29. The van der Waals surface area contributed by atoms with Gasteiger partial charge in [-0.2, -0.15) is 5.26 Å². The summed E-state index contributed by atoms with van der Waals surface area (Å²) in [6, 6.07) is 9.26. The fraction of sp³-hybridized carbons (Fsp3) is 0.250. The van der Waals surface area contributed by atoms with Gasteiger partial charge in [-0.3, -0.25) is 5.32 Å². The maximum Gasteiger partial charge on any atom is 0.408 e. The molecule has 0 heterocycles. The summed E-state index contributed by atoms with van der Waals surface area (Å²) in [5.74, 6) is -0.839. The van der Waals surface area contributed by atoms with E-state index in [2.05, 4.69) is 10.1 Å². The Balaban J connectivity index is 2.42. The number of carbonyl (C=O) groups is 2. The van der Waals surface area contributed by atoms with Crippen LogP contribution in [0.4, 0.5) is 4.79 Å². The van der Waals surface area contributed by atoms with Gasteiger partial charge in [0.25, 0.3) is 0 Å². The molecule has 0 bridgehead atoms. The standard InChI is InChI=1S/C12H12N2O4/c1-17-11(15)10(7-13)14-12(16)18-8-9-5-3-2-4-6-9/h2-6,10H,8H2,1H3,(H,14,16)/t10-/m0/s1. The minimum absolute atomic E-state index is 0.0615. The molecule has 0 aliphatic carbocycles. The number of ether oxygens (including phenoxy) is 2. The van der Waals surface area contributed by atoms with E-state index in [4.69, 9.17) is 10.00 Å². The van der Waals surface area contributed by atoms with Crippen LogP contribution in [0.2, 0.25) is 0 Å². The molecule has 1 N–H and O–H groups in total. The molecule has 0 saturated carbocycles. The maximum atomic E-state index is 11.3. The first-order valence-corrected chi connectivity index (χ1v) is 5.12. The monoisotopic (exact) mass is 248 g/mol. The van der Waals surface area contributed by atoms with E-state index in [0.717, 1.165) is 12.7 Å². The Kier molecular flexibility index (Phi) is 5.19. The summed E-state index contributed by atoms with van der Waals surface area (Å²) in [6.07, 6.45) is -0.851. The van der Waals surface area contributed by atoms with Crippen molar-refractivity contribution < 1.29 is 19.1 Å². The van der Waals surface area contributed by atoms with Gasteiger partial charge in [0.05, 0.1) is 13.2 Å². The number of nitrogens with one attached hydrogen (secondary N) is 1. The van der Waals surface area contributed by atoms with E-state index in [-0.39, 0.29) is 6.61 Å². The summed E-state index contributed by atoms with van der Waals surface area (Å²) in [6.45, 7) is 0.0615. The largest absolute Gasteiger partial charge is 0.467 e. The minimum Gasteiger partial charge on any atom is -0.467 e. The summed E-state index contributed by atoms with van der Waals surface area (Å²) in [5.41, 5.74) is 0.805. The highest BCUT2D eigenvalue weighted by Crippen LogP contribution is 2.00. The average Bonchev–Trinajstić information content (AvgIpc) is 2.42. The van der Waals surface area contributed by atoms with E-state index in [1.54, 1.807) is 18.2 Å². The van der Waals surface area contributed by atoms with Crippen LogP contribution in [0.3, 0.4) is 0 Å². The van der Waals surface area contributed by atoms with Crippen LogP contribution in [0, 0.1) is 11.3 Å². The van der Waals surface area contributed by atoms with Gasteiger partial charge in [-0.25, -0.2) is 9.59 Å². The van der Waals surface area contributed by atoms with Gasteiger partial charge in [0.2, 0.25) is 6.04 Å². The number of nitrogens with zero attached hydrogens (tertiary/aromatic N) is 1. The highest BCUT2D eigenvalue weighted by molar-refractivity contribution is 5.83. The Morgan fingerprint density at radius 3 is 2.61 bits per heavy atom. The van der Waals surface area contributed by atoms with Gasteiger partial charge >= 0.3 is 12.1 Å². The summed E-state index contributed by atoms with van der Waals surface area (Å²) in [4.78, 5) is 22.4. The molecule has 0 radical (unpaired) electrons. The van der Waals surface area contributed by atoms with Crippen LogP contribution in [-0.4, -0.2) is 25.2 Å². The van der Waals surface area contributed by atoms with E-state index in [1.807, 2.05) is 18.2 Å². The molecule has 0 unspecified atom stereocenters. The van der Waals surface area contributed by atoms with Gasteiger partial charge in [0.15, 0.2) is 0 Å². The molecule has 18 heavy (non-hydrogen) atoms. The van der Waals surface area contributed by atoms with E-state index in [0.29, 0.717) is 0 Å².